The second-order valence-corrected chi connectivity index (χ2v) is 7.83. The minimum atomic E-state index is 0.376. The highest BCUT2D eigenvalue weighted by Gasteiger charge is 2.62. The fourth-order valence-electron chi connectivity index (χ4n) is 4.38. The van der Waals surface area contributed by atoms with Crippen LogP contribution in [0.1, 0.15) is 33.1 Å². The summed E-state index contributed by atoms with van der Waals surface area (Å²) < 4.78 is 7.89. The minimum Gasteiger partial charge on any atom is -0.379 e. The molecule has 3 aliphatic rings. The van der Waals surface area contributed by atoms with Gasteiger partial charge in [-0.05, 0) is 30.6 Å². The van der Waals surface area contributed by atoms with Crippen molar-refractivity contribution in [2.24, 2.45) is 22.5 Å². The van der Waals surface area contributed by atoms with Crippen molar-refractivity contribution in [3.8, 4) is 0 Å². The van der Waals surface area contributed by atoms with E-state index >= 15 is 0 Å². The van der Waals surface area contributed by atoms with Crippen LogP contribution in [0, 0.1) is 16.7 Å². The summed E-state index contributed by atoms with van der Waals surface area (Å²) in [5, 5.41) is 0. The van der Waals surface area contributed by atoms with Gasteiger partial charge in [0.05, 0.1) is 13.2 Å². The molecule has 0 aromatic rings. The number of rotatable bonds is 3. The van der Waals surface area contributed by atoms with Gasteiger partial charge in [0, 0.05) is 30.3 Å². The molecule has 2 bridgehead atoms. The summed E-state index contributed by atoms with van der Waals surface area (Å²) in [6.45, 7) is 8.82. The van der Waals surface area contributed by atoms with Crippen molar-refractivity contribution in [3.05, 3.63) is 0 Å². The molecule has 1 aliphatic heterocycles. The molecule has 0 amide bonds. The summed E-state index contributed by atoms with van der Waals surface area (Å²) in [6.07, 6.45) is 3.98. The maximum atomic E-state index is 6.49. The molecule has 2 N–H and O–H groups in total. The van der Waals surface area contributed by atoms with E-state index in [2.05, 4.69) is 18.2 Å². The fourth-order valence-corrected chi connectivity index (χ4v) is 5.93. The highest BCUT2D eigenvalue weighted by atomic mass is 32.2. The SMILES string of the molecule is CC1(C)C2CCC1(CSN1CCOCC1)C(N)C2. The molecular formula is C14H26N2OS. The minimum absolute atomic E-state index is 0.376. The van der Waals surface area contributed by atoms with Crippen molar-refractivity contribution in [3.63, 3.8) is 0 Å². The Morgan fingerprint density at radius 2 is 2.06 bits per heavy atom. The number of morpholine rings is 1. The van der Waals surface area contributed by atoms with E-state index in [0.717, 1.165) is 32.2 Å². The summed E-state index contributed by atoms with van der Waals surface area (Å²) >= 11 is 2.02. The Bertz CT molecular complexity index is 317. The first-order valence-corrected chi connectivity index (χ1v) is 8.22. The van der Waals surface area contributed by atoms with Gasteiger partial charge in [-0.1, -0.05) is 25.8 Å². The molecule has 4 heteroatoms. The van der Waals surface area contributed by atoms with Crippen molar-refractivity contribution < 1.29 is 4.74 Å². The summed E-state index contributed by atoms with van der Waals surface area (Å²) in [5.41, 5.74) is 7.30. The molecule has 2 aliphatic carbocycles. The van der Waals surface area contributed by atoms with Gasteiger partial charge in [-0.2, -0.15) is 0 Å². The number of nitrogens with zero attached hydrogens (tertiary/aromatic N) is 1. The first kappa shape index (κ1) is 13.2. The second-order valence-electron chi connectivity index (χ2n) is 6.77. The summed E-state index contributed by atoms with van der Waals surface area (Å²) in [7, 11) is 0. The Labute approximate surface area is 115 Å². The van der Waals surface area contributed by atoms with Gasteiger partial charge in [0.1, 0.15) is 0 Å². The zero-order valence-corrected chi connectivity index (χ0v) is 12.5. The predicted molar refractivity (Wildman–Crippen MR) is 76.4 cm³/mol. The lowest BCUT2D eigenvalue weighted by molar-refractivity contribution is 0.0761. The average molecular weight is 270 g/mol. The summed E-state index contributed by atoms with van der Waals surface area (Å²) in [6, 6.07) is 0.416. The van der Waals surface area contributed by atoms with Crippen LogP contribution in [0.4, 0.5) is 0 Å². The van der Waals surface area contributed by atoms with Crippen LogP contribution in [0.2, 0.25) is 0 Å². The van der Waals surface area contributed by atoms with Gasteiger partial charge in [-0.3, -0.25) is 0 Å². The largest absolute Gasteiger partial charge is 0.379 e. The molecule has 0 spiro atoms. The number of hydrogen-bond donors (Lipinski definition) is 1. The molecule has 3 atom stereocenters. The molecular weight excluding hydrogens is 244 g/mol. The molecule has 3 fully saturated rings. The van der Waals surface area contributed by atoms with Crippen LogP contribution >= 0.6 is 11.9 Å². The molecule has 18 heavy (non-hydrogen) atoms. The third-order valence-electron chi connectivity index (χ3n) is 5.97. The molecule has 3 nitrogen and oxygen atoms in total. The fraction of sp³-hybridized carbons (Fsp3) is 1.00. The smallest absolute Gasteiger partial charge is 0.0603 e. The van der Waals surface area contributed by atoms with Crippen LogP contribution in [-0.4, -0.2) is 42.4 Å². The van der Waals surface area contributed by atoms with Gasteiger partial charge in [-0.25, -0.2) is 4.31 Å². The molecule has 0 radical (unpaired) electrons. The number of fused-ring (bicyclic) bond motifs is 2. The molecule has 104 valence electrons. The van der Waals surface area contributed by atoms with Gasteiger partial charge < -0.3 is 10.5 Å². The summed E-state index contributed by atoms with van der Waals surface area (Å²) in [5.74, 6) is 2.07. The van der Waals surface area contributed by atoms with E-state index in [4.69, 9.17) is 10.5 Å². The van der Waals surface area contributed by atoms with Crippen LogP contribution in [0.15, 0.2) is 0 Å². The van der Waals surface area contributed by atoms with E-state index in [0.29, 0.717) is 16.9 Å². The highest BCUT2D eigenvalue weighted by molar-refractivity contribution is 7.97. The first-order valence-electron chi connectivity index (χ1n) is 7.27. The maximum Gasteiger partial charge on any atom is 0.0603 e. The lowest BCUT2D eigenvalue weighted by Gasteiger charge is -2.42. The molecule has 1 saturated heterocycles. The topological polar surface area (TPSA) is 38.5 Å². The Hall–Kier alpha value is 0.230. The Morgan fingerprint density at radius 1 is 1.33 bits per heavy atom. The van der Waals surface area contributed by atoms with Crippen LogP contribution < -0.4 is 5.73 Å². The third kappa shape index (κ3) is 1.84. The zero-order chi connectivity index (χ0) is 12.8. The van der Waals surface area contributed by atoms with Gasteiger partial charge in [-0.15, -0.1) is 0 Å². The lowest BCUT2D eigenvalue weighted by atomic mass is 9.69. The normalized spacial score (nSPS) is 43.5. The Balaban J connectivity index is 1.66. The Morgan fingerprint density at radius 3 is 2.61 bits per heavy atom. The van der Waals surface area contributed by atoms with Crippen LogP contribution in [0.5, 0.6) is 0 Å². The van der Waals surface area contributed by atoms with E-state index in [-0.39, 0.29) is 0 Å². The second kappa shape index (κ2) is 4.65. The quantitative estimate of drug-likeness (QED) is 0.797. The third-order valence-corrected chi connectivity index (χ3v) is 7.34. The zero-order valence-electron chi connectivity index (χ0n) is 11.7. The number of nitrogens with two attached hydrogens (primary N) is 1. The molecule has 1 heterocycles. The van der Waals surface area contributed by atoms with E-state index in [1.807, 2.05) is 11.9 Å². The molecule has 3 rings (SSSR count). The van der Waals surface area contributed by atoms with E-state index < -0.39 is 0 Å². The van der Waals surface area contributed by atoms with Crippen molar-refractivity contribution in [2.75, 3.05) is 32.1 Å². The predicted octanol–water partition coefficient (Wildman–Crippen LogP) is 2.12. The molecule has 3 unspecified atom stereocenters. The van der Waals surface area contributed by atoms with Crippen molar-refractivity contribution in [1.82, 2.24) is 4.31 Å². The Kier molecular flexibility index (Phi) is 3.42. The average Bonchev–Trinajstić information content (AvgIpc) is 2.72. The van der Waals surface area contributed by atoms with Crippen LogP contribution in [0.3, 0.4) is 0 Å². The van der Waals surface area contributed by atoms with Gasteiger partial charge >= 0.3 is 0 Å². The monoisotopic (exact) mass is 270 g/mol. The molecule has 2 saturated carbocycles. The van der Waals surface area contributed by atoms with Gasteiger partial charge in [0.15, 0.2) is 0 Å². The highest BCUT2D eigenvalue weighted by Crippen LogP contribution is 2.66. The van der Waals surface area contributed by atoms with Crippen LogP contribution in [0.25, 0.3) is 0 Å². The van der Waals surface area contributed by atoms with E-state index in [9.17, 15) is 0 Å². The molecule has 0 aromatic carbocycles. The van der Waals surface area contributed by atoms with Crippen molar-refractivity contribution in [1.29, 1.82) is 0 Å². The number of hydrogen-bond acceptors (Lipinski definition) is 4. The molecule has 0 aromatic heterocycles. The van der Waals surface area contributed by atoms with Gasteiger partial charge in [0.25, 0.3) is 0 Å². The maximum absolute atomic E-state index is 6.49. The van der Waals surface area contributed by atoms with E-state index in [1.165, 1.54) is 25.0 Å². The number of ether oxygens (including phenoxy) is 1. The first-order chi connectivity index (χ1) is 8.56. The van der Waals surface area contributed by atoms with E-state index in [1.54, 1.807) is 0 Å². The van der Waals surface area contributed by atoms with Crippen molar-refractivity contribution in [2.45, 2.75) is 39.2 Å². The van der Waals surface area contributed by atoms with Crippen LogP contribution in [-0.2, 0) is 4.74 Å². The summed E-state index contributed by atoms with van der Waals surface area (Å²) in [4.78, 5) is 0. The standard InChI is InChI=1S/C14H26N2OS/c1-13(2)11-3-4-14(13,12(15)9-11)10-18-16-5-7-17-8-6-16/h11-12H,3-10,15H2,1-2H3. The lowest BCUT2D eigenvalue weighted by Crippen LogP contribution is -2.46. The van der Waals surface area contributed by atoms with Gasteiger partial charge in [0.2, 0.25) is 0 Å². The van der Waals surface area contributed by atoms with Crippen molar-refractivity contribution >= 4 is 11.9 Å².